The molecule has 0 N–H and O–H groups in total. The average molecular weight is 455 g/mol. The second kappa shape index (κ2) is 8.02. The van der Waals surface area contributed by atoms with Gasteiger partial charge in [0.2, 0.25) is 0 Å². The van der Waals surface area contributed by atoms with E-state index in [1.54, 1.807) is 24.3 Å². The molecule has 3 rings (SSSR count). The molecule has 29 heavy (non-hydrogen) atoms. The maximum Gasteiger partial charge on any atom is 0.355 e. The molecule has 0 saturated heterocycles. The Balaban J connectivity index is 1.90. The number of halogens is 1. The van der Waals surface area contributed by atoms with Gasteiger partial charge in [-0.25, -0.2) is 21.6 Å². The fraction of sp³-hybridized carbons (Fsp3) is 0.105. The molecule has 0 atom stereocenters. The largest absolute Gasteiger partial charge is 0.497 e. The minimum atomic E-state index is -4.46. The van der Waals surface area contributed by atoms with Crippen LogP contribution in [0.4, 0.5) is 0 Å². The Morgan fingerprint density at radius 1 is 1.03 bits per heavy atom. The molecule has 152 valence electrons. The predicted molar refractivity (Wildman–Crippen MR) is 110 cm³/mol. The van der Waals surface area contributed by atoms with E-state index in [0.717, 1.165) is 11.5 Å². The van der Waals surface area contributed by atoms with Crippen LogP contribution >= 0.6 is 11.6 Å². The summed E-state index contributed by atoms with van der Waals surface area (Å²) in [6.07, 6.45) is 1.26. The number of sulfone groups is 2. The number of methoxy groups -OCH3 is 1. The summed E-state index contributed by atoms with van der Waals surface area (Å²) in [5, 5.41) is 0.131. The third-order valence-corrected chi connectivity index (χ3v) is 8.20. The van der Waals surface area contributed by atoms with Crippen LogP contribution in [0, 0.1) is 0 Å². The second-order valence-corrected chi connectivity index (χ2v) is 10.7. The molecule has 0 saturated carbocycles. The molecule has 0 radical (unpaired) electrons. The van der Waals surface area contributed by atoms with Gasteiger partial charge < -0.3 is 9.15 Å². The average Bonchev–Trinajstić information content (AvgIpc) is 2.65. The Kier molecular flexibility index (Phi) is 5.83. The smallest absolute Gasteiger partial charge is 0.355 e. The number of ether oxygens (including phenoxy) is 1. The molecule has 3 aromatic rings. The van der Waals surface area contributed by atoms with Crippen molar-refractivity contribution in [2.45, 2.75) is 4.90 Å². The van der Waals surface area contributed by atoms with E-state index < -0.39 is 35.3 Å². The van der Waals surface area contributed by atoms with E-state index in [4.69, 9.17) is 20.8 Å². The summed E-state index contributed by atoms with van der Waals surface area (Å²) in [5.74, 6) is 0.594. The maximum absolute atomic E-state index is 12.6. The van der Waals surface area contributed by atoms with E-state index >= 15 is 0 Å². The van der Waals surface area contributed by atoms with Crippen LogP contribution in [-0.2, 0) is 19.7 Å². The normalized spacial score (nSPS) is 12.5. The van der Waals surface area contributed by atoms with Gasteiger partial charge in [0.15, 0.2) is 29.7 Å². The number of benzene rings is 2. The monoisotopic (exact) mass is 454 g/mol. The fourth-order valence-corrected chi connectivity index (χ4v) is 6.18. The molecular formula is C19H15ClO7S2. The standard InChI is InChI=1S/C19H15ClO7S2/c1-26-16-6-2-13(3-7-16)8-9-28(22,23)12-29(24,25)18-10-14-4-5-15(20)11-17(14)27-19(18)21/h2-11H,12H2,1H3/b9-8-. The van der Waals surface area contributed by atoms with Gasteiger partial charge in [0.25, 0.3) is 0 Å². The first kappa shape index (κ1) is 21.1. The molecule has 0 fully saturated rings. The van der Waals surface area contributed by atoms with Gasteiger partial charge in [0.05, 0.1) is 7.11 Å². The lowest BCUT2D eigenvalue weighted by Gasteiger charge is -2.04. The molecule has 0 amide bonds. The minimum Gasteiger partial charge on any atom is -0.497 e. The summed E-state index contributed by atoms with van der Waals surface area (Å²) in [5.41, 5.74) is -0.522. The predicted octanol–water partition coefficient (Wildman–Crippen LogP) is 3.27. The third-order valence-electron chi connectivity index (χ3n) is 3.90. The molecule has 0 bridgehead atoms. The van der Waals surface area contributed by atoms with Crippen LogP contribution in [-0.4, -0.2) is 29.0 Å². The molecule has 1 heterocycles. The molecular weight excluding hydrogens is 440 g/mol. The SMILES string of the molecule is COc1ccc(/C=C\S(=O)(=O)CS(=O)(=O)c2cc3ccc(Cl)cc3oc2=O)cc1. The van der Waals surface area contributed by atoms with Gasteiger partial charge in [0, 0.05) is 21.9 Å². The van der Waals surface area contributed by atoms with E-state index in [1.165, 1.54) is 31.4 Å². The second-order valence-electron chi connectivity index (χ2n) is 6.05. The lowest BCUT2D eigenvalue weighted by molar-refractivity contribution is 0.415. The van der Waals surface area contributed by atoms with Crippen molar-refractivity contribution in [3.05, 3.63) is 74.9 Å². The minimum absolute atomic E-state index is 0.101. The summed E-state index contributed by atoms with van der Waals surface area (Å²) in [4.78, 5) is 11.4. The van der Waals surface area contributed by atoms with Crippen molar-refractivity contribution < 1.29 is 26.0 Å². The van der Waals surface area contributed by atoms with Crippen molar-refractivity contribution >= 4 is 48.3 Å². The Morgan fingerprint density at radius 3 is 2.38 bits per heavy atom. The highest BCUT2D eigenvalue weighted by molar-refractivity contribution is 8.09. The number of fused-ring (bicyclic) bond motifs is 1. The van der Waals surface area contributed by atoms with Crippen molar-refractivity contribution in [1.29, 1.82) is 0 Å². The van der Waals surface area contributed by atoms with Crippen molar-refractivity contribution in [3.8, 4) is 5.75 Å². The summed E-state index contributed by atoms with van der Waals surface area (Å²) < 4.78 is 59.7. The first-order valence-corrected chi connectivity index (χ1v) is 11.9. The van der Waals surface area contributed by atoms with Gasteiger partial charge in [-0.1, -0.05) is 23.7 Å². The van der Waals surface area contributed by atoms with Crippen molar-refractivity contribution in [2.75, 3.05) is 12.2 Å². The maximum atomic E-state index is 12.6. The number of hydrogen-bond acceptors (Lipinski definition) is 7. The van der Waals surface area contributed by atoms with Crippen molar-refractivity contribution in [3.63, 3.8) is 0 Å². The highest BCUT2D eigenvalue weighted by atomic mass is 35.5. The molecule has 0 aliphatic heterocycles. The molecule has 0 spiro atoms. The van der Waals surface area contributed by atoms with E-state index in [-0.39, 0.29) is 5.58 Å². The quantitative estimate of drug-likeness (QED) is 0.526. The summed E-state index contributed by atoms with van der Waals surface area (Å²) in [6.45, 7) is 0. The van der Waals surface area contributed by atoms with Gasteiger partial charge in [0.1, 0.15) is 11.3 Å². The molecule has 0 unspecified atom stereocenters. The topological polar surface area (TPSA) is 108 Å². The summed E-state index contributed by atoms with van der Waals surface area (Å²) in [6, 6.07) is 11.9. The van der Waals surface area contributed by atoms with Crippen LogP contribution in [0.2, 0.25) is 5.02 Å². The van der Waals surface area contributed by atoms with Crippen LogP contribution in [0.25, 0.3) is 17.0 Å². The fourth-order valence-electron chi connectivity index (χ4n) is 2.50. The number of rotatable bonds is 6. The van der Waals surface area contributed by atoms with Crippen LogP contribution < -0.4 is 10.4 Å². The highest BCUT2D eigenvalue weighted by Crippen LogP contribution is 2.21. The van der Waals surface area contributed by atoms with E-state index in [0.29, 0.717) is 21.7 Å². The van der Waals surface area contributed by atoms with Crippen molar-refractivity contribution in [1.82, 2.24) is 0 Å². The van der Waals surface area contributed by atoms with Gasteiger partial charge in [-0.2, -0.15) is 0 Å². The van der Waals surface area contributed by atoms with Crippen LogP contribution in [0.1, 0.15) is 5.56 Å². The molecule has 1 aromatic heterocycles. The zero-order chi connectivity index (χ0) is 21.2. The summed E-state index contributed by atoms with van der Waals surface area (Å²) >= 11 is 5.82. The first-order chi connectivity index (χ1) is 13.6. The van der Waals surface area contributed by atoms with Gasteiger partial charge in [-0.15, -0.1) is 0 Å². The molecule has 0 aliphatic carbocycles. The van der Waals surface area contributed by atoms with Crippen molar-refractivity contribution in [2.24, 2.45) is 0 Å². The van der Waals surface area contributed by atoms with E-state index in [1.807, 2.05) is 0 Å². The zero-order valence-corrected chi connectivity index (χ0v) is 17.4. The lowest BCUT2D eigenvalue weighted by atomic mass is 10.2. The van der Waals surface area contributed by atoms with Gasteiger partial charge in [-0.3, -0.25) is 0 Å². The molecule has 7 nitrogen and oxygen atoms in total. The Hall–Kier alpha value is -2.62. The third kappa shape index (κ3) is 5.06. The Bertz CT molecular complexity index is 1350. The number of hydrogen-bond donors (Lipinski definition) is 0. The zero-order valence-electron chi connectivity index (χ0n) is 15.0. The van der Waals surface area contributed by atoms with E-state index in [2.05, 4.69) is 0 Å². The molecule has 10 heteroatoms. The Labute approximate surface area is 172 Å². The molecule has 0 aliphatic rings. The van der Waals surface area contributed by atoms with Crippen LogP contribution in [0.5, 0.6) is 5.75 Å². The van der Waals surface area contributed by atoms with E-state index in [9.17, 15) is 21.6 Å². The van der Waals surface area contributed by atoms with Gasteiger partial charge in [-0.05, 0) is 42.0 Å². The first-order valence-electron chi connectivity index (χ1n) is 8.11. The lowest BCUT2D eigenvalue weighted by Crippen LogP contribution is -2.21. The van der Waals surface area contributed by atoms with Crippen LogP contribution in [0.3, 0.4) is 0 Å². The Morgan fingerprint density at radius 2 is 1.72 bits per heavy atom. The van der Waals surface area contributed by atoms with Gasteiger partial charge >= 0.3 is 5.63 Å². The summed E-state index contributed by atoms with van der Waals surface area (Å²) in [7, 11) is -7.15. The molecule has 2 aromatic carbocycles. The van der Waals surface area contributed by atoms with Crippen LogP contribution in [0.15, 0.2) is 68.0 Å². The highest BCUT2D eigenvalue weighted by Gasteiger charge is 2.26.